The van der Waals surface area contributed by atoms with E-state index in [1.807, 2.05) is 23.1 Å². The van der Waals surface area contributed by atoms with Crippen molar-refractivity contribution < 1.29 is 9.59 Å². The van der Waals surface area contributed by atoms with Gasteiger partial charge in [0.25, 0.3) is 0 Å². The fourth-order valence-electron chi connectivity index (χ4n) is 3.30. The molecule has 0 aromatic heterocycles. The number of hydrogen-bond donors (Lipinski definition) is 1. The van der Waals surface area contributed by atoms with E-state index in [2.05, 4.69) is 48.6 Å². The van der Waals surface area contributed by atoms with Gasteiger partial charge >= 0.3 is 0 Å². The van der Waals surface area contributed by atoms with Crippen molar-refractivity contribution in [2.75, 3.05) is 19.6 Å². The van der Waals surface area contributed by atoms with Crippen molar-refractivity contribution >= 4 is 11.8 Å². The molecule has 0 aliphatic carbocycles. The summed E-state index contributed by atoms with van der Waals surface area (Å²) in [6.45, 7) is 3.88. The van der Waals surface area contributed by atoms with E-state index in [9.17, 15) is 9.59 Å². The van der Waals surface area contributed by atoms with Gasteiger partial charge in [0.1, 0.15) is 0 Å². The lowest BCUT2D eigenvalue weighted by atomic mass is 10.1. The molecule has 0 saturated carbocycles. The maximum absolute atomic E-state index is 12.4. The average molecular weight is 350 g/mol. The van der Waals surface area contributed by atoms with Crippen LogP contribution in [0.5, 0.6) is 0 Å². The summed E-state index contributed by atoms with van der Waals surface area (Å²) in [7, 11) is 0. The zero-order valence-corrected chi connectivity index (χ0v) is 15.3. The Kier molecular flexibility index (Phi) is 6.05. The quantitative estimate of drug-likeness (QED) is 0.835. The van der Waals surface area contributed by atoms with Gasteiger partial charge in [0.05, 0.1) is 5.92 Å². The molecular weight excluding hydrogens is 324 g/mol. The number of amides is 2. The monoisotopic (exact) mass is 350 g/mol. The summed E-state index contributed by atoms with van der Waals surface area (Å²) in [5.41, 5.74) is 3.66. The average Bonchev–Trinajstić information content (AvgIpc) is 3.03. The number of benzene rings is 2. The molecule has 4 heteroatoms. The van der Waals surface area contributed by atoms with Gasteiger partial charge < -0.3 is 10.2 Å². The first kappa shape index (κ1) is 18.2. The molecule has 1 aliphatic heterocycles. The highest BCUT2D eigenvalue weighted by molar-refractivity contribution is 5.89. The van der Waals surface area contributed by atoms with Gasteiger partial charge in [-0.1, -0.05) is 60.2 Å². The van der Waals surface area contributed by atoms with E-state index < -0.39 is 0 Å². The first-order chi connectivity index (χ1) is 12.6. The molecule has 2 aromatic rings. The van der Waals surface area contributed by atoms with Crippen molar-refractivity contribution in [1.82, 2.24) is 10.2 Å². The Morgan fingerprint density at radius 2 is 1.73 bits per heavy atom. The van der Waals surface area contributed by atoms with Crippen LogP contribution in [0.1, 0.15) is 23.1 Å². The Hall–Kier alpha value is -2.62. The van der Waals surface area contributed by atoms with Gasteiger partial charge in [0, 0.05) is 26.1 Å². The van der Waals surface area contributed by atoms with Crippen LogP contribution >= 0.6 is 0 Å². The molecule has 136 valence electrons. The summed E-state index contributed by atoms with van der Waals surface area (Å²) in [6.07, 6.45) is 1.96. The molecule has 0 spiro atoms. The Morgan fingerprint density at radius 1 is 1.04 bits per heavy atom. The second kappa shape index (κ2) is 8.65. The molecule has 1 atom stereocenters. The molecule has 3 rings (SSSR count). The van der Waals surface area contributed by atoms with E-state index in [4.69, 9.17) is 0 Å². The van der Waals surface area contributed by atoms with Crippen LogP contribution in [0.25, 0.3) is 0 Å². The summed E-state index contributed by atoms with van der Waals surface area (Å²) in [6, 6.07) is 18.5. The van der Waals surface area contributed by atoms with Gasteiger partial charge in [-0.05, 0) is 30.9 Å². The molecule has 1 N–H and O–H groups in total. The lowest BCUT2D eigenvalue weighted by Crippen LogP contribution is -2.34. The molecule has 2 aromatic carbocycles. The number of nitrogens with one attached hydrogen (secondary N) is 1. The lowest BCUT2D eigenvalue weighted by Gasteiger charge is -2.16. The van der Waals surface area contributed by atoms with Gasteiger partial charge in [-0.15, -0.1) is 0 Å². The van der Waals surface area contributed by atoms with Crippen LogP contribution in [0.3, 0.4) is 0 Å². The first-order valence-electron chi connectivity index (χ1n) is 9.27. The van der Waals surface area contributed by atoms with E-state index in [-0.39, 0.29) is 17.7 Å². The largest absolute Gasteiger partial charge is 0.355 e. The van der Waals surface area contributed by atoms with E-state index >= 15 is 0 Å². The van der Waals surface area contributed by atoms with E-state index in [0.717, 1.165) is 12.8 Å². The summed E-state index contributed by atoms with van der Waals surface area (Å²) in [4.78, 5) is 26.4. The molecule has 0 radical (unpaired) electrons. The predicted octanol–water partition coefficient (Wildman–Crippen LogP) is 2.74. The third-order valence-corrected chi connectivity index (χ3v) is 4.93. The second-order valence-corrected chi connectivity index (χ2v) is 7.00. The molecule has 0 unspecified atom stereocenters. The van der Waals surface area contributed by atoms with Crippen LogP contribution in [0.4, 0.5) is 0 Å². The van der Waals surface area contributed by atoms with E-state index in [0.29, 0.717) is 26.1 Å². The van der Waals surface area contributed by atoms with E-state index in [1.54, 1.807) is 0 Å². The predicted molar refractivity (Wildman–Crippen MR) is 103 cm³/mol. The fraction of sp³-hybridized carbons (Fsp3) is 0.364. The Bertz CT molecular complexity index is 740. The minimum absolute atomic E-state index is 0.00678. The number of carbonyl (C=O) groups excluding carboxylic acids is 2. The van der Waals surface area contributed by atoms with Crippen molar-refractivity contribution in [1.29, 1.82) is 0 Å². The molecular formula is C22H26N2O2. The number of aryl methyl sites for hydroxylation is 1. The molecule has 0 bridgehead atoms. The van der Waals surface area contributed by atoms with Crippen molar-refractivity contribution in [3.8, 4) is 0 Å². The second-order valence-electron chi connectivity index (χ2n) is 7.00. The third kappa shape index (κ3) is 4.94. The third-order valence-electron chi connectivity index (χ3n) is 4.93. The summed E-state index contributed by atoms with van der Waals surface area (Å²) in [5.74, 6) is -0.149. The lowest BCUT2D eigenvalue weighted by molar-refractivity contribution is -0.129. The van der Waals surface area contributed by atoms with E-state index in [1.165, 1.54) is 16.7 Å². The number of likely N-dealkylation sites (tertiary alicyclic amines) is 1. The standard InChI is InChI=1S/C22H26N2O2/c1-17-7-9-19(10-8-17)11-13-23-22(26)20-15-21(25)24(16-20)14-12-18-5-3-2-4-6-18/h2-10,20H,11-16H2,1H3,(H,23,26)/t20-/m1/s1. The number of carbonyl (C=O) groups is 2. The molecule has 4 nitrogen and oxygen atoms in total. The summed E-state index contributed by atoms with van der Waals surface area (Å²) >= 11 is 0. The minimum Gasteiger partial charge on any atom is -0.355 e. The number of hydrogen-bond acceptors (Lipinski definition) is 2. The number of rotatable bonds is 7. The maximum Gasteiger partial charge on any atom is 0.225 e. The van der Waals surface area contributed by atoms with Gasteiger partial charge in [-0.3, -0.25) is 9.59 Å². The summed E-state index contributed by atoms with van der Waals surface area (Å²) in [5, 5.41) is 2.98. The van der Waals surface area contributed by atoms with Gasteiger partial charge in [-0.25, -0.2) is 0 Å². The van der Waals surface area contributed by atoms with Crippen LogP contribution in [-0.4, -0.2) is 36.3 Å². The Morgan fingerprint density at radius 3 is 2.46 bits per heavy atom. The zero-order chi connectivity index (χ0) is 18.4. The van der Waals surface area contributed by atoms with Crippen LogP contribution in [0.15, 0.2) is 54.6 Å². The van der Waals surface area contributed by atoms with Crippen molar-refractivity contribution in [3.05, 3.63) is 71.3 Å². The molecule has 1 fully saturated rings. The van der Waals surface area contributed by atoms with Crippen molar-refractivity contribution in [3.63, 3.8) is 0 Å². The normalized spacial score (nSPS) is 16.7. The first-order valence-corrected chi connectivity index (χ1v) is 9.27. The highest BCUT2D eigenvalue weighted by Crippen LogP contribution is 2.18. The topological polar surface area (TPSA) is 49.4 Å². The highest BCUT2D eigenvalue weighted by Gasteiger charge is 2.33. The Labute approximate surface area is 155 Å². The SMILES string of the molecule is Cc1ccc(CCNC(=O)[C@@H]2CC(=O)N(CCc3ccccc3)C2)cc1. The Balaban J connectivity index is 1.42. The fourth-order valence-corrected chi connectivity index (χ4v) is 3.30. The van der Waals surface area contributed by atoms with Crippen LogP contribution in [0, 0.1) is 12.8 Å². The molecule has 1 saturated heterocycles. The van der Waals surface area contributed by atoms with Crippen molar-refractivity contribution in [2.45, 2.75) is 26.2 Å². The van der Waals surface area contributed by atoms with Crippen LogP contribution in [0.2, 0.25) is 0 Å². The van der Waals surface area contributed by atoms with Crippen LogP contribution in [-0.2, 0) is 22.4 Å². The van der Waals surface area contributed by atoms with Crippen LogP contribution < -0.4 is 5.32 Å². The van der Waals surface area contributed by atoms with Gasteiger partial charge in [0.2, 0.25) is 11.8 Å². The smallest absolute Gasteiger partial charge is 0.225 e. The van der Waals surface area contributed by atoms with Crippen molar-refractivity contribution in [2.24, 2.45) is 5.92 Å². The zero-order valence-electron chi connectivity index (χ0n) is 15.3. The van der Waals surface area contributed by atoms with Gasteiger partial charge in [0.15, 0.2) is 0 Å². The summed E-state index contributed by atoms with van der Waals surface area (Å²) < 4.78 is 0. The molecule has 1 heterocycles. The van der Waals surface area contributed by atoms with Gasteiger partial charge in [-0.2, -0.15) is 0 Å². The highest BCUT2D eigenvalue weighted by atomic mass is 16.2. The molecule has 2 amide bonds. The number of nitrogens with zero attached hydrogens (tertiary/aromatic N) is 1. The minimum atomic E-state index is -0.226. The maximum atomic E-state index is 12.4. The molecule has 26 heavy (non-hydrogen) atoms. The molecule has 1 aliphatic rings.